The van der Waals surface area contributed by atoms with Gasteiger partial charge < -0.3 is 9.90 Å². The number of nitrogens with two attached hydrogens (primary N) is 1. The maximum atomic E-state index is 11.3. The van der Waals surface area contributed by atoms with Crippen molar-refractivity contribution in [1.29, 1.82) is 0 Å². The lowest BCUT2D eigenvalue weighted by Gasteiger charge is -2.24. The van der Waals surface area contributed by atoms with Gasteiger partial charge in [0.25, 0.3) is 0 Å². The van der Waals surface area contributed by atoms with E-state index >= 15 is 0 Å². The smallest absolute Gasteiger partial charge is 0.238 e. The molecule has 1 aliphatic heterocycles. The number of benzene rings is 2. The Morgan fingerprint density at radius 3 is 2.29 bits per heavy atom. The molecule has 2 N–H and O–H groups in total. The minimum Gasteiger partial charge on any atom is -0.543 e. The van der Waals surface area contributed by atoms with Gasteiger partial charge in [0.15, 0.2) is 0 Å². The van der Waals surface area contributed by atoms with E-state index in [1.54, 1.807) is 5.01 Å². The number of carboxylic acid groups (broad SMARTS) is 1. The van der Waals surface area contributed by atoms with E-state index < -0.39 is 16.0 Å². The third kappa shape index (κ3) is 3.15. The summed E-state index contributed by atoms with van der Waals surface area (Å²) in [6, 6.07) is 14.8. The molecule has 1 unspecified atom stereocenters. The van der Waals surface area contributed by atoms with Gasteiger partial charge in [-0.2, -0.15) is 5.10 Å². The van der Waals surface area contributed by atoms with Gasteiger partial charge in [-0.25, -0.2) is 13.6 Å². The predicted molar refractivity (Wildman–Crippen MR) is 86.5 cm³/mol. The largest absolute Gasteiger partial charge is 0.543 e. The molecular formula is C16H14N3O4S-. The van der Waals surface area contributed by atoms with Crippen molar-refractivity contribution in [3.05, 3.63) is 60.2 Å². The first kappa shape index (κ1) is 16.2. The first-order chi connectivity index (χ1) is 11.4. The van der Waals surface area contributed by atoms with Gasteiger partial charge in [0.1, 0.15) is 0 Å². The zero-order valence-corrected chi connectivity index (χ0v) is 13.3. The molecule has 0 amide bonds. The fraction of sp³-hybridized carbons (Fsp3) is 0.125. The van der Waals surface area contributed by atoms with Crippen molar-refractivity contribution >= 4 is 27.4 Å². The Morgan fingerprint density at radius 1 is 1.12 bits per heavy atom. The Bertz CT molecular complexity index is 893. The molecule has 2 aromatic carbocycles. The van der Waals surface area contributed by atoms with E-state index in [0.29, 0.717) is 5.69 Å². The summed E-state index contributed by atoms with van der Waals surface area (Å²) in [4.78, 5) is 11.2. The quantitative estimate of drug-likeness (QED) is 0.861. The molecule has 1 heterocycles. The van der Waals surface area contributed by atoms with Crippen LogP contribution in [0.15, 0.2) is 64.6 Å². The molecule has 0 spiro atoms. The summed E-state index contributed by atoms with van der Waals surface area (Å²) >= 11 is 0. The number of aliphatic carboxylic acids is 1. The summed E-state index contributed by atoms with van der Waals surface area (Å²) in [7, 11) is -3.79. The Morgan fingerprint density at radius 2 is 1.75 bits per heavy atom. The van der Waals surface area contributed by atoms with Crippen molar-refractivity contribution in [3.63, 3.8) is 0 Å². The van der Waals surface area contributed by atoms with Crippen molar-refractivity contribution in [1.82, 2.24) is 0 Å². The molecule has 0 aromatic heterocycles. The zero-order chi connectivity index (χ0) is 17.3. The predicted octanol–water partition coefficient (Wildman–Crippen LogP) is 0.391. The van der Waals surface area contributed by atoms with Crippen LogP contribution in [0.25, 0.3) is 0 Å². The second kappa shape index (κ2) is 6.06. The second-order valence-electron chi connectivity index (χ2n) is 5.35. The Labute approximate surface area is 139 Å². The van der Waals surface area contributed by atoms with Gasteiger partial charge in [0.2, 0.25) is 10.0 Å². The first-order valence-corrected chi connectivity index (χ1v) is 8.67. The van der Waals surface area contributed by atoms with E-state index in [1.807, 2.05) is 30.3 Å². The summed E-state index contributed by atoms with van der Waals surface area (Å²) in [5.41, 5.74) is 1.40. The van der Waals surface area contributed by atoms with Crippen LogP contribution in [0.3, 0.4) is 0 Å². The zero-order valence-electron chi connectivity index (χ0n) is 12.5. The van der Waals surface area contributed by atoms with Crippen LogP contribution < -0.4 is 15.3 Å². The van der Waals surface area contributed by atoms with E-state index in [2.05, 4.69) is 5.10 Å². The molecule has 124 valence electrons. The maximum Gasteiger partial charge on any atom is 0.238 e. The van der Waals surface area contributed by atoms with Crippen LogP contribution in [0.2, 0.25) is 0 Å². The van der Waals surface area contributed by atoms with Crippen LogP contribution in [0.5, 0.6) is 0 Å². The lowest BCUT2D eigenvalue weighted by molar-refractivity contribution is -0.294. The molecule has 1 aliphatic rings. The molecule has 0 saturated heterocycles. The average Bonchev–Trinajstić information content (AvgIpc) is 3.00. The highest BCUT2D eigenvalue weighted by atomic mass is 32.2. The average molecular weight is 344 g/mol. The molecule has 7 nitrogen and oxygen atoms in total. The number of primary sulfonamides is 1. The molecule has 0 radical (unpaired) electrons. The van der Waals surface area contributed by atoms with Crippen LogP contribution in [-0.4, -0.2) is 20.1 Å². The molecule has 0 bridgehead atoms. The SMILES string of the molecule is NS(=O)(=O)c1ccc(N2N=C(C(=O)[O-])CC2c2ccccc2)cc1. The van der Waals surface area contributed by atoms with Crippen LogP contribution in [-0.2, 0) is 14.8 Å². The highest BCUT2D eigenvalue weighted by molar-refractivity contribution is 7.89. The summed E-state index contributed by atoms with van der Waals surface area (Å²) in [5, 5.41) is 21.9. The number of anilines is 1. The summed E-state index contributed by atoms with van der Waals surface area (Å²) in [6.45, 7) is 0. The Balaban J connectivity index is 2.00. The normalized spacial score (nSPS) is 17.6. The Hall–Kier alpha value is -2.71. The van der Waals surface area contributed by atoms with Gasteiger partial charge >= 0.3 is 0 Å². The number of carbonyl (C=O) groups excluding carboxylic acids is 1. The number of rotatable bonds is 4. The highest BCUT2D eigenvalue weighted by Crippen LogP contribution is 2.35. The summed E-state index contributed by atoms with van der Waals surface area (Å²) in [5.74, 6) is -1.32. The van der Waals surface area contributed by atoms with Gasteiger partial charge in [0, 0.05) is 6.42 Å². The van der Waals surface area contributed by atoms with E-state index in [4.69, 9.17) is 5.14 Å². The van der Waals surface area contributed by atoms with Crippen LogP contribution in [0, 0.1) is 0 Å². The molecule has 0 fully saturated rings. The lowest BCUT2D eigenvalue weighted by atomic mass is 10.0. The number of hydrogen-bond acceptors (Lipinski definition) is 6. The number of hydrazone groups is 1. The number of carbonyl (C=O) groups is 1. The van der Waals surface area contributed by atoms with E-state index in [9.17, 15) is 18.3 Å². The van der Waals surface area contributed by atoms with E-state index in [0.717, 1.165) is 5.56 Å². The molecule has 0 saturated carbocycles. The topological polar surface area (TPSA) is 116 Å². The van der Waals surface area contributed by atoms with E-state index in [-0.39, 0.29) is 23.1 Å². The monoisotopic (exact) mass is 344 g/mol. The minimum atomic E-state index is -3.79. The summed E-state index contributed by atoms with van der Waals surface area (Å²) in [6.07, 6.45) is 0.198. The van der Waals surface area contributed by atoms with Crippen molar-refractivity contribution in [2.45, 2.75) is 17.4 Å². The van der Waals surface area contributed by atoms with Crippen LogP contribution >= 0.6 is 0 Å². The van der Waals surface area contributed by atoms with E-state index in [1.165, 1.54) is 24.3 Å². The first-order valence-electron chi connectivity index (χ1n) is 7.12. The van der Waals surface area contributed by atoms with Gasteiger partial charge in [-0.15, -0.1) is 0 Å². The van der Waals surface area contributed by atoms with Gasteiger partial charge in [-0.1, -0.05) is 30.3 Å². The molecule has 1 atom stereocenters. The van der Waals surface area contributed by atoms with Crippen molar-refractivity contribution < 1.29 is 18.3 Å². The number of sulfonamides is 1. The third-order valence-electron chi connectivity index (χ3n) is 3.76. The van der Waals surface area contributed by atoms with Gasteiger partial charge in [0.05, 0.1) is 28.3 Å². The van der Waals surface area contributed by atoms with Crippen molar-refractivity contribution in [2.24, 2.45) is 10.2 Å². The van der Waals surface area contributed by atoms with Gasteiger partial charge in [-0.3, -0.25) is 5.01 Å². The third-order valence-corrected chi connectivity index (χ3v) is 4.69. The molecule has 2 aromatic rings. The standard InChI is InChI=1S/C16H15N3O4S/c17-24(22,23)13-8-6-12(7-9-13)19-15(10-14(18-19)16(20)21)11-4-2-1-3-5-11/h1-9,15H,10H2,(H,20,21)(H2,17,22,23)/p-1. The fourth-order valence-electron chi connectivity index (χ4n) is 2.59. The number of carboxylic acids is 1. The lowest BCUT2D eigenvalue weighted by Crippen LogP contribution is -2.30. The minimum absolute atomic E-state index is 0.0224. The van der Waals surface area contributed by atoms with Crippen LogP contribution in [0.1, 0.15) is 18.0 Å². The highest BCUT2D eigenvalue weighted by Gasteiger charge is 2.29. The number of hydrogen-bond donors (Lipinski definition) is 1. The fourth-order valence-corrected chi connectivity index (χ4v) is 3.11. The molecule has 3 rings (SSSR count). The summed E-state index contributed by atoms with van der Waals surface area (Å²) < 4.78 is 22.7. The van der Waals surface area contributed by atoms with Crippen LogP contribution in [0.4, 0.5) is 5.69 Å². The van der Waals surface area contributed by atoms with Gasteiger partial charge in [-0.05, 0) is 29.8 Å². The molecule has 0 aliphatic carbocycles. The maximum absolute atomic E-state index is 11.3. The molecule has 24 heavy (non-hydrogen) atoms. The van der Waals surface area contributed by atoms with Crippen molar-refractivity contribution in [3.8, 4) is 0 Å². The Kier molecular flexibility index (Phi) is 4.08. The van der Waals surface area contributed by atoms with Crippen molar-refractivity contribution in [2.75, 3.05) is 5.01 Å². The molecular weight excluding hydrogens is 330 g/mol. The molecule has 8 heteroatoms. The number of nitrogens with zero attached hydrogens (tertiary/aromatic N) is 2. The second-order valence-corrected chi connectivity index (χ2v) is 6.91.